The van der Waals surface area contributed by atoms with Gasteiger partial charge in [0.25, 0.3) is 5.91 Å². The van der Waals surface area contributed by atoms with E-state index in [9.17, 15) is 4.79 Å². The predicted molar refractivity (Wildman–Crippen MR) is 58.9 cm³/mol. The summed E-state index contributed by atoms with van der Waals surface area (Å²) in [7, 11) is 0. The molecule has 0 bridgehead atoms. The zero-order valence-corrected chi connectivity index (χ0v) is 8.88. The van der Waals surface area contributed by atoms with Gasteiger partial charge in [0.2, 0.25) is 0 Å². The van der Waals surface area contributed by atoms with Crippen LogP contribution in [0.25, 0.3) is 5.57 Å². The van der Waals surface area contributed by atoms with Crippen molar-refractivity contribution in [3.63, 3.8) is 0 Å². The highest BCUT2D eigenvalue weighted by atomic mass is 35.5. The van der Waals surface area contributed by atoms with Gasteiger partial charge in [-0.2, -0.15) is 5.26 Å². The molecule has 0 aliphatic rings. The summed E-state index contributed by atoms with van der Waals surface area (Å²) in [4.78, 5) is 10.9. The second-order valence-electron chi connectivity index (χ2n) is 2.98. The molecule has 3 nitrogen and oxygen atoms in total. The van der Waals surface area contributed by atoms with Gasteiger partial charge < -0.3 is 5.73 Å². The number of benzene rings is 1. The number of amides is 1. The van der Waals surface area contributed by atoms with Gasteiger partial charge in [0, 0.05) is 5.02 Å². The molecule has 0 saturated heterocycles. The Labute approximate surface area is 92.8 Å². The molecule has 0 aliphatic heterocycles. The van der Waals surface area contributed by atoms with Gasteiger partial charge >= 0.3 is 0 Å². The van der Waals surface area contributed by atoms with Crippen LogP contribution in [0.15, 0.2) is 29.8 Å². The zero-order chi connectivity index (χ0) is 11.4. The summed E-state index contributed by atoms with van der Waals surface area (Å²) in [6, 6.07) is 8.64. The number of carbonyl (C=O) groups is 1. The lowest BCUT2D eigenvalue weighted by Gasteiger charge is -2.03. The zero-order valence-electron chi connectivity index (χ0n) is 8.12. The minimum absolute atomic E-state index is 0.0303. The van der Waals surface area contributed by atoms with Crippen molar-refractivity contribution in [3.8, 4) is 6.07 Å². The van der Waals surface area contributed by atoms with E-state index in [-0.39, 0.29) is 5.57 Å². The summed E-state index contributed by atoms with van der Waals surface area (Å²) in [5.74, 6) is -0.718. The number of hydrogen-bond donors (Lipinski definition) is 1. The van der Waals surface area contributed by atoms with E-state index in [0.717, 1.165) is 5.56 Å². The summed E-state index contributed by atoms with van der Waals surface area (Å²) >= 11 is 5.72. The Morgan fingerprint density at radius 1 is 1.40 bits per heavy atom. The van der Waals surface area contributed by atoms with Gasteiger partial charge in [-0.1, -0.05) is 23.7 Å². The molecule has 0 saturated carbocycles. The lowest BCUT2D eigenvalue weighted by Crippen LogP contribution is -2.13. The van der Waals surface area contributed by atoms with Gasteiger partial charge in [0.05, 0.1) is 0 Å². The number of nitriles is 1. The van der Waals surface area contributed by atoms with E-state index in [1.807, 2.05) is 0 Å². The lowest BCUT2D eigenvalue weighted by molar-refractivity contribution is -0.114. The molecule has 2 N–H and O–H groups in total. The van der Waals surface area contributed by atoms with E-state index in [0.29, 0.717) is 10.6 Å². The first-order valence-corrected chi connectivity index (χ1v) is 4.60. The molecule has 0 spiro atoms. The molecular weight excluding hydrogens is 212 g/mol. The lowest BCUT2D eigenvalue weighted by atomic mass is 10.0. The molecule has 0 heterocycles. The number of primary amides is 1. The highest BCUT2D eigenvalue weighted by Gasteiger charge is 2.09. The van der Waals surface area contributed by atoms with Crippen LogP contribution in [0, 0.1) is 11.3 Å². The van der Waals surface area contributed by atoms with Crippen molar-refractivity contribution in [1.82, 2.24) is 0 Å². The summed E-state index contributed by atoms with van der Waals surface area (Å²) in [5.41, 5.74) is 6.36. The summed E-state index contributed by atoms with van der Waals surface area (Å²) in [5, 5.41) is 9.35. The van der Waals surface area contributed by atoms with Gasteiger partial charge in [0.1, 0.15) is 11.6 Å². The van der Waals surface area contributed by atoms with E-state index in [4.69, 9.17) is 22.6 Å². The minimum atomic E-state index is -0.718. The van der Waals surface area contributed by atoms with Crippen molar-refractivity contribution in [2.45, 2.75) is 6.92 Å². The van der Waals surface area contributed by atoms with Crippen molar-refractivity contribution >= 4 is 23.1 Å². The highest BCUT2D eigenvalue weighted by molar-refractivity contribution is 6.30. The largest absolute Gasteiger partial charge is 0.365 e. The van der Waals surface area contributed by atoms with Crippen LogP contribution in [0.3, 0.4) is 0 Å². The molecule has 0 radical (unpaired) electrons. The standard InChI is InChI=1S/C11H9ClN2O/c1-7(10(6-13)11(14)15)8-2-4-9(12)5-3-8/h2-5H,1H3,(H2,14,15)/b10-7+. The molecule has 4 heteroatoms. The van der Waals surface area contributed by atoms with Crippen LogP contribution in [0.1, 0.15) is 12.5 Å². The normalized spacial score (nSPS) is 11.5. The van der Waals surface area contributed by atoms with Gasteiger partial charge in [-0.15, -0.1) is 0 Å². The monoisotopic (exact) mass is 220 g/mol. The third-order valence-corrected chi connectivity index (χ3v) is 2.26. The molecule has 0 aromatic heterocycles. The van der Waals surface area contributed by atoms with Gasteiger partial charge in [-0.25, -0.2) is 0 Å². The molecule has 76 valence electrons. The topological polar surface area (TPSA) is 66.9 Å². The molecule has 0 unspecified atom stereocenters. The molecule has 0 aliphatic carbocycles. The molecule has 0 fully saturated rings. The summed E-state index contributed by atoms with van der Waals surface area (Å²) in [6.45, 7) is 1.67. The molecule has 1 rings (SSSR count). The van der Waals surface area contributed by atoms with Crippen molar-refractivity contribution in [1.29, 1.82) is 5.26 Å². The third-order valence-electron chi connectivity index (χ3n) is 2.01. The molecule has 1 amide bonds. The van der Waals surface area contributed by atoms with E-state index in [1.54, 1.807) is 37.3 Å². The van der Waals surface area contributed by atoms with Gasteiger partial charge in [-0.3, -0.25) is 4.79 Å². The first-order chi connectivity index (χ1) is 7.06. The fourth-order valence-electron chi connectivity index (χ4n) is 1.17. The Bertz CT molecular complexity index is 454. The fraction of sp³-hybridized carbons (Fsp3) is 0.0909. The first kappa shape index (κ1) is 11.3. The van der Waals surface area contributed by atoms with Crippen molar-refractivity contribution in [3.05, 3.63) is 40.4 Å². The first-order valence-electron chi connectivity index (χ1n) is 4.23. The van der Waals surface area contributed by atoms with Crippen LogP contribution in [0.4, 0.5) is 0 Å². The van der Waals surface area contributed by atoms with Crippen LogP contribution in [0.2, 0.25) is 5.02 Å². The predicted octanol–water partition coefficient (Wildman–Crippen LogP) is 2.12. The number of nitrogens with zero attached hydrogens (tertiary/aromatic N) is 1. The van der Waals surface area contributed by atoms with Crippen LogP contribution >= 0.6 is 11.6 Å². The van der Waals surface area contributed by atoms with E-state index < -0.39 is 5.91 Å². The van der Waals surface area contributed by atoms with E-state index >= 15 is 0 Å². The Kier molecular flexibility index (Phi) is 3.48. The van der Waals surface area contributed by atoms with Gasteiger partial charge in [0.15, 0.2) is 0 Å². The number of nitrogens with two attached hydrogens (primary N) is 1. The number of allylic oxidation sites excluding steroid dienone is 1. The highest BCUT2D eigenvalue weighted by Crippen LogP contribution is 2.19. The maximum absolute atomic E-state index is 10.9. The average molecular weight is 221 g/mol. The molecule has 15 heavy (non-hydrogen) atoms. The Morgan fingerprint density at radius 2 is 1.93 bits per heavy atom. The molecule has 1 aromatic carbocycles. The number of hydrogen-bond acceptors (Lipinski definition) is 2. The second-order valence-corrected chi connectivity index (χ2v) is 3.42. The molecule has 1 aromatic rings. The fourth-order valence-corrected chi connectivity index (χ4v) is 1.29. The number of carbonyl (C=O) groups excluding carboxylic acids is 1. The van der Waals surface area contributed by atoms with Crippen LogP contribution in [-0.4, -0.2) is 5.91 Å². The number of halogens is 1. The third kappa shape index (κ3) is 2.58. The second kappa shape index (κ2) is 4.63. The van der Waals surface area contributed by atoms with E-state index in [2.05, 4.69) is 0 Å². The van der Waals surface area contributed by atoms with E-state index in [1.165, 1.54) is 0 Å². The molecular formula is C11H9ClN2O. The van der Waals surface area contributed by atoms with Crippen molar-refractivity contribution in [2.75, 3.05) is 0 Å². The van der Waals surface area contributed by atoms with Crippen LogP contribution in [0.5, 0.6) is 0 Å². The minimum Gasteiger partial charge on any atom is -0.365 e. The Balaban J connectivity index is 3.24. The number of rotatable bonds is 2. The average Bonchev–Trinajstić information content (AvgIpc) is 2.19. The van der Waals surface area contributed by atoms with Crippen LogP contribution in [-0.2, 0) is 4.79 Å². The molecule has 0 atom stereocenters. The SMILES string of the molecule is C/C(=C(/C#N)C(N)=O)c1ccc(Cl)cc1. The van der Waals surface area contributed by atoms with Crippen molar-refractivity contribution < 1.29 is 4.79 Å². The van der Waals surface area contributed by atoms with Crippen molar-refractivity contribution in [2.24, 2.45) is 5.73 Å². The van der Waals surface area contributed by atoms with Gasteiger partial charge in [-0.05, 0) is 30.2 Å². The smallest absolute Gasteiger partial charge is 0.259 e. The quantitative estimate of drug-likeness (QED) is 0.613. The summed E-state index contributed by atoms with van der Waals surface area (Å²) in [6.07, 6.45) is 0. The maximum Gasteiger partial charge on any atom is 0.259 e. The summed E-state index contributed by atoms with van der Waals surface area (Å²) < 4.78 is 0. The maximum atomic E-state index is 10.9. The Hall–Kier alpha value is -1.79. The Morgan fingerprint density at radius 3 is 2.33 bits per heavy atom. The van der Waals surface area contributed by atoms with Crippen LogP contribution < -0.4 is 5.73 Å².